The van der Waals surface area contributed by atoms with Crippen molar-refractivity contribution < 1.29 is 39.9 Å². The standard InChI is InChI=1S/C32H32F7N5O2/c1-20-29(42-15-13-41(14-16-42)17-23-11-12-28(46-23)32(37,38)39)30(45)44(19-27(40)22-7-4-3-5-8-22)21(2)43(20)18-24-25(31(34,35)36)9-6-10-26(24)33/h3-12,27H,2,13-19,40H2,1H3/t27-/m0/s1. The molecule has 46 heavy (non-hydrogen) atoms. The van der Waals surface area contributed by atoms with E-state index in [1.54, 1.807) is 42.2 Å². The quantitative estimate of drug-likeness (QED) is 0.288. The van der Waals surface area contributed by atoms with Crippen LogP contribution >= 0.6 is 0 Å². The van der Waals surface area contributed by atoms with Crippen molar-refractivity contribution in [3.05, 3.63) is 118 Å². The second-order valence-electron chi connectivity index (χ2n) is 11.2. The highest BCUT2D eigenvalue weighted by Crippen LogP contribution is 2.38. The van der Waals surface area contributed by atoms with Crippen LogP contribution in [0.15, 0.2) is 88.9 Å². The number of piperazine rings is 1. The summed E-state index contributed by atoms with van der Waals surface area (Å²) in [5.41, 5.74) is 5.91. The predicted molar refractivity (Wildman–Crippen MR) is 154 cm³/mol. The van der Waals surface area contributed by atoms with Crippen LogP contribution in [0, 0.1) is 5.82 Å². The van der Waals surface area contributed by atoms with E-state index in [9.17, 15) is 35.5 Å². The van der Waals surface area contributed by atoms with E-state index in [0.717, 1.165) is 29.8 Å². The highest BCUT2D eigenvalue weighted by molar-refractivity contribution is 5.96. The molecule has 3 heterocycles. The Morgan fingerprint density at radius 2 is 1.54 bits per heavy atom. The number of furan rings is 1. The van der Waals surface area contributed by atoms with Crippen LogP contribution in [0.4, 0.5) is 30.7 Å². The Morgan fingerprint density at radius 1 is 0.870 bits per heavy atom. The zero-order valence-electron chi connectivity index (χ0n) is 24.8. The van der Waals surface area contributed by atoms with Gasteiger partial charge in [-0.25, -0.2) is 4.39 Å². The van der Waals surface area contributed by atoms with Crippen LogP contribution in [0.25, 0.3) is 0 Å². The SMILES string of the molecule is C=C1N(C[C@H](N)c2ccccc2)C(=O)C(N2CCN(Cc3ccc(C(F)(F)F)o3)CC2)=C(C)N1Cc1c(F)cccc1C(F)(F)F. The lowest BCUT2D eigenvalue weighted by molar-refractivity contribution is -0.153. The van der Waals surface area contributed by atoms with Crippen LogP contribution in [0.3, 0.4) is 0 Å². The second-order valence-corrected chi connectivity index (χ2v) is 11.2. The van der Waals surface area contributed by atoms with Crippen LogP contribution in [-0.4, -0.2) is 58.2 Å². The topological polar surface area (TPSA) is 69.2 Å². The van der Waals surface area contributed by atoms with E-state index in [0.29, 0.717) is 13.1 Å². The maximum Gasteiger partial charge on any atom is 0.449 e. The van der Waals surface area contributed by atoms with E-state index < -0.39 is 53.6 Å². The van der Waals surface area contributed by atoms with Gasteiger partial charge in [0.1, 0.15) is 23.1 Å². The van der Waals surface area contributed by atoms with Crippen molar-refractivity contribution in [2.45, 2.75) is 38.4 Å². The summed E-state index contributed by atoms with van der Waals surface area (Å²) in [5, 5.41) is 0. The number of hydrogen-bond donors (Lipinski definition) is 1. The van der Waals surface area contributed by atoms with Gasteiger partial charge in [0.2, 0.25) is 5.76 Å². The smallest absolute Gasteiger partial charge is 0.449 e. The Hall–Kier alpha value is -4.30. The number of amides is 1. The molecule has 7 nitrogen and oxygen atoms in total. The van der Waals surface area contributed by atoms with Crippen LogP contribution in [0.1, 0.15) is 41.2 Å². The number of nitrogens with zero attached hydrogens (tertiary/aromatic N) is 4. The number of hydrogen-bond acceptors (Lipinski definition) is 6. The van der Waals surface area contributed by atoms with Crippen molar-refractivity contribution in [1.29, 1.82) is 0 Å². The highest BCUT2D eigenvalue weighted by atomic mass is 19.4. The van der Waals surface area contributed by atoms with Crippen LogP contribution in [0.2, 0.25) is 0 Å². The number of nitrogens with two attached hydrogens (primary N) is 1. The first kappa shape index (κ1) is 33.1. The molecular weight excluding hydrogens is 619 g/mol. The highest BCUT2D eigenvalue weighted by Gasteiger charge is 2.41. The van der Waals surface area contributed by atoms with Crippen LogP contribution in [-0.2, 0) is 30.2 Å². The molecule has 0 radical (unpaired) electrons. The fourth-order valence-corrected chi connectivity index (χ4v) is 5.74. The van der Waals surface area contributed by atoms with Gasteiger partial charge in [0.05, 0.1) is 18.7 Å². The number of rotatable bonds is 8. The number of halogens is 7. The minimum atomic E-state index is -4.83. The number of carbonyl (C=O) groups is 1. The third kappa shape index (κ3) is 6.92. The molecule has 246 valence electrons. The van der Waals surface area contributed by atoms with Gasteiger partial charge in [-0.3, -0.25) is 14.6 Å². The molecule has 3 aromatic rings. The molecule has 0 aliphatic carbocycles. The average Bonchev–Trinajstić information content (AvgIpc) is 3.48. The summed E-state index contributed by atoms with van der Waals surface area (Å²) in [7, 11) is 0. The summed E-state index contributed by atoms with van der Waals surface area (Å²) in [5.74, 6) is -2.43. The fraction of sp³-hybridized carbons (Fsp3) is 0.344. The molecule has 0 unspecified atom stereocenters. The average molecular weight is 652 g/mol. The third-order valence-corrected chi connectivity index (χ3v) is 8.17. The first-order chi connectivity index (χ1) is 21.6. The van der Waals surface area contributed by atoms with E-state index in [4.69, 9.17) is 10.2 Å². The predicted octanol–water partition coefficient (Wildman–Crippen LogP) is 6.32. The number of carbonyl (C=O) groups excluding carboxylic acids is 1. The first-order valence-corrected chi connectivity index (χ1v) is 14.4. The van der Waals surface area contributed by atoms with Gasteiger partial charge in [-0.1, -0.05) is 43.0 Å². The molecule has 2 aliphatic heterocycles. The molecule has 0 spiro atoms. The zero-order chi connectivity index (χ0) is 33.4. The molecule has 1 atom stereocenters. The summed E-state index contributed by atoms with van der Waals surface area (Å²) in [6, 6.07) is 13.1. The minimum absolute atomic E-state index is 0.0472. The molecule has 1 fully saturated rings. The largest absolute Gasteiger partial charge is 0.455 e. The summed E-state index contributed by atoms with van der Waals surface area (Å²) < 4.78 is 101. The first-order valence-electron chi connectivity index (χ1n) is 14.4. The monoisotopic (exact) mass is 651 g/mol. The maximum absolute atomic E-state index is 15.0. The van der Waals surface area contributed by atoms with Gasteiger partial charge in [-0.15, -0.1) is 0 Å². The van der Waals surface area contributed by atoms with Gasteiger partial charge in [0, 0.05) is 50.0 Å². The Bertz CT molecular complexity index is 1610. The Balaban J connectivity index is 1.43. The molecule has 2 aromatic carbocycles. The molecule has 5 rings (SSSR count). The van der Waals surface area contributed by atoms with Crippen molar-refractivity contribution in [3.8, 4) is 0 Å². The summed E-state index contributed by atoms with van der Waals surface area (Å²) in [4.78, 5) is 20.4. The molecule has 2 N–H and O–H groups in total. The van der Waals surface area contributed by atoms with Gasteiger partial charge < -0.3 is 20.0 Å². The minimum Gasteiger partial charge on any atom is -0.455 e. The molecule has 2 aliphatic rings. The van der Waals surface area contributed by atoms with Gasteiger partial charge in [-0.05, 0) is 36.8 Å². The van der Waals surface area contributed by atoms with Crippen LogP contribution < -0.4 is 5.73 Å². The van der Waals surface area contributed by atoms with E-state index in [-0.39, 0.29) is 49.2 Å². The van der Waals surface area contributed by atoms with E-state index >= 15 is 0 Å². The molecular formula is C32H32F7N5O2. The number of benzene rings is 2. The lowest BCUT2D eigenvalue weighted by atomic mass is 10.0. The molecule has 1 amide bonds. The van der Waals surface area contributed by atoms with Crippen molar-refractivity contribution in [2.75, 3.05) is 32.7 Å². The normalized spacial score (nSPS) is 17.7. The Morgan fingerprint density at radius 3 is 2.15 bits per heavy atom. The lowest BCUT2D eigenvalue weighted by Gasteiger charge is -2.45. The van der Waals surface area contributed by atoms with Gasteiger partial charge in [0.25, 0.3) is 5.91 Å². The van der Waals surface area contributed by atoms with Crippen molar-refractivity contribution in [3.63, 3.8) is 0 Å². The summed E-state index contributed by atoms with van der Waals surface area (Å²) in [6.45, 7) is 6.34. The lowest BCUT2D eigenvalue weighted by Crippen LogP contribution is -2.53. The summed E-state index contributed by atoms with van der Waals surface area (Å²) >= 11 is 0. The summed E-state index contributed by atoms with van der Waals surface area (Å²) in [6.07, 6.45) is -9.43. The van der Waals surface area contributed by atoms with Crippen molar-refractivity contribution in [2.24, 2.45) is 5.73 Å². The van der Waals surface area contributed by atoms with Gasteiger partial charge >= 0.3 is 12.4 Å². The number of alkyl halides is 6. The van der Waals surface area contributed by atoms with Crippen molar-refractivity contribution >= 4 is 5.91 Å². The van der Waals surface area contributed by atoms with Gasteiger partial charge in [-0.2, -0.15) is 26.3 Å². The van der Waals surface area contributed by atoms with Crippen LogP contribution in [0.5, 0.6) is 0 Å². The van der Waals surface area contributed by atoms with E-state index in [1.807, 2.05) is 4.90 Å². The van der Waals surface area contributed by atoms with E-state index in [1.165, 1.54) is 15.9 Å². The molecule has 1 saturated heterocycles. The maximum atomic E-state index is 15.0. The zero-order valence-corrected chi connectivity index (χ0v) is 24.8. The van der Waals surface area contributed by atoms with E-state index in [2.05, 4.69) is 6.58 Å². The molecule has 0 saturated carbocycles. The molecule has 0 bridgehead atoms. The Labute approximate surface area is 260 Å². The number of allylic oxidation sites excluding steroid dienone is 1. The molecule has 14 heteroatoms. The Kier molecular flexibility index (Phi) is 9.23. The fourth-order valence-electron chi connectivity index (χ4n) is 5.74. The third-order valence-electron chi connectivity index (χ3n) is 8.17. The second kappa shape index (κ2) is 12.8. The molecule has 1 aromatic heterocycles. The van der Waals surface area contributed by atoms with Gasteiger partial charge in [0.15, 0.2) is 0 Å². The van der Waals surface area contributed by atoms with Crippen molar-refractivity contribution in [1.82, 2.24) is 19.6 Å².